The molecule has 0 heterocycles. The van der Waals surface area contributed by atoms with E-state index < -0.39 is 8.69 Å². The van der Waals surface area contributed by atoms with Crippen LogP contribution in [0.2, 0.25) is 0 Å². The van der Waals surface area contributed by atoms with Gasteiger partial charge in [0.05, 0.1) is 0 Å². The van der Waals surface area contributed by atoms with E-state index in [1.54, 1.807) is 12.1 Å². The summed E-state index contributed by atoms with van der Waals surface area (Å²) in [6.45, 7) is 1.95. The quantitative estimate of drug-likeness (QED) is 0.664. The Morgan fingerprint density at radius 1 is 1.16 bits per heavy atom. The predicted molar refractivity (Wildman–Crippen MR) is 75.6 cm³/mol. The van der Waals surface area contributed by atoms with Gasteiger partial charge in [0, 0.05) is 11.1 Å². The van der Waals surface area contributed by atoms with E-state index in [0.717, 1.165) is 11.1 Å². The highest BCUT2D eigenvalue weighted by molar-refractivity contribution is 7.17. The molecule has 1 unspecified atom stereocenters. The summed E-state index contributed by atoms with van der Waals surface area (Å²) >= 11 is 0. The van der Waals surface area contributed by atoms with Crippen LogP contribution in [-0.4, -0.2) is 10.2 Å². The lowest BCUT2D eigenvalue weighted by Gasteiger charge is -2.13. The van der Waals surface area contributed by atoms with Crippen molar-refractivity contribution in [3.05, 3.63) is 42.0 Å². The zero-order chi connectivity index (χ0) is 13.8. The maximum atomic E-state index is 10.7. The van der Waals surface area contributed by atoms with Crippen LogP contribution < -0.4 is 4.52 Å². The highest BCUT2D eigenvalue weighted by Gasteiger charge is 2.13. The minimum absolute atomic E-state index is 0.0793. The predicted octanol–water partition coefficient (Wildman–Crippen LogP) is 3.38. The molecule has 5 heteroatoms. The van der Waals surface area contributed by atoms with E-state index in [4.69, 9.17) is 4.52 Å². The molecule has 0 aliphatic heterocycles. The lowest BCUT2D eigenvalue weighted by molar-refractivity contribution is 0.462. The van der Waals surface area contributed by atoms with E-state index in [0.29, 0.717) is 17.7 Å². The Morgan fingerprint density at radius 3 is 2.63 bits per heavy atom. The molecule has 4 nitrogen and oxygen atoms in total. The van der Waals surface area contributed by atoms with Crippen molar-refractivity contribution < 1.29 is 19.3 Å². The van der Waals surface area contributed by atoms with Gasteiger partial charge in [-0.05, 0) is 36.2 Å². The van der Waals surface area contributed by atoms with Crippen LogP contribution in [-0.2, 0) is 11.0 Å². The molecule has 1 atom stereocenters. The monoisotopic (exact) mass is 278 g/mol. The number of hydrogen-bond acceptors (Lipinski definition) is 4. The van der Waals surface area contributed by atoms with Gasteiger partial charge in [-0.1, -0.05) is 19.1 Å². The van der Waals surface area contributed by atoms with Crippen molar-refractivity contribution in [3.8, 4) is 28.4 Å². The molecule has 2 N–H and O–H groups in total. The molecule has 2 aromatic carbocycles. The number of benzene rings is 2. The Bertz CT molecular complexity index is 610. The molecule has 100 valence electrons. The normalized spacial score (nSPS) is 11.0. The van der Waals surface area contributed by atoms with Crippen LogP contribution in [0.4, 0.5) is 0 Å². The highest BCUT2D eigenvalue weighted by atomic mass is 31.1. The molecule has 0 saturated carbocycles. The summed E-state index contributed by atoms with van der Waals surface area (Å²) < 4.78 is 15.9. The molecule has 0 bridgehead atoms. The highest BCUT2D eigenvalue weighted by Crippen LogP contribution is 2.38. The molecule has 0 spiro atoms. The Morgan fingerprint density at radius 2 is 1.95 bits per heavy atom. The van der Waals surface area contributed by atoms with Crippen molar-refractivity contribution >= 4 is 8.69 Å². The SMILES string of the molecule is CCc1c(O[PH2]=O)cccc1-c1cc(O)ccc1O. The topological polar surface area (TPSA) is 66.8 Å². The fourth-order valence-electron chi connectivity index (χ4n) is 2.08. The van der Waals surface area contributed by atoms with Crippen LogP contribution in [0.3, 0.4) is 0 Å². The molecule has 0 fully saturated rings. The lowest BCUT2D eigenvalue weighted by Crippen LogP contribution is -1.92. The van der Waals surface area contributed by atoms with E-state index in [-0.39, 0.29) is 11.5 Å². The Labute approximate surface area is 112 Å². The number of hydrogen-bond donors (Lipinski definition) is 2. The van der Waals surface area contributed by atoms with Crippen molar-refractivity contribution in [1.82, 2.24) is 0 Å². The van der Waals surface area contributed by atoms with Gasteiger partial charge in [-0.25, -0.2) is 0 Å². The van der Waals surface area contributed by atoms with Gasteiger partial charge in [0.15, 0.2) is 0 Å². The average molecular weight is 278 g/mol. The molecular weight excluding hydrogens is 263 g/mol. The summed E-state index contributed by atoms with van der Waals surface area (Å²) in [5.74, 6) is 0.711. The zero-order valence-electron chi connectivity index (χ0n) is 10.5. The van der Waals surface area contributed by atoms with E-state index in [1.165, 1.54) is 18.2 Å². The Balaban J connectivity index is 2.64. The molecule has 19 heavy (non-hydrogen) atoms. The van der Waals surface area contributed by atoms with E-state index in [9.17, 15) is 14.8 Å². The summed E-state index contributed by atoms with van der Waals surface area (Å²) in [4.78, 5) is 0. The summed E-state index contributed by atoms with van der Waals surface area (Å²) in [6.07, 6.45) is 0.667. The molecule has 0 radical (unpaired) electrons. The summed E-state index contributed by atoms with van der Waals surface area (Å²) in [5, 5.41) is 19.5. The second kappa shape index (κ2) is 5.81. The van der Waals surface area contributed by atoms with Crippen molar-refractivity contribution in [2.75, 3.05) is 0 Å². The maximum absolute atomic E-state index is 10.7. The fourth-order valence-corrected chi connectivity index (χ4v) is 2.41. The third-order valence-electron chi connectivity index (χ3n) is 2.93. The van der Waals surface area contributed by atoms with Crippen molar-refractivity contribution in [3.63, 3.8) is 0 Å². The second-order valence-electron chi connectivity index (χ2n) is 4.05. The van der Waals surface area contributed by atoms with E-state index in [2.05, 4.69) is 0 Å². The van der Waals surface area contributed by atoms with Gasteiger partial charge in [-0.15, -0.1) is 0 Å². The Hall–Kier alpha value is -1.93. The first kappa shape index (κ1) is 13.5. The van der Waals surface area contributed by atoms with Crippen LogP contribution in [0.1, 0.15) is 12.5 Å². The third-order valence-corrected chi connectivity index (χ3v) is 3.28. The van der Waals surface area contributed by atoms with Gasteiger partial charge in [0.25, 0.3) is 0 Å². The standard InChI is InChI=1S/C14H15O4P/c1-2-10-11(4-3-5-14(10)18-19-17)12-8-9(15)6-7-13(12)16/h3-8,15-16H,2,19H2,1H3. The molecule has 2 aromatic rings. The summed E-state index contributed by atoms with van der Waals surface area (Å²) in [6, 6.07) is 9.70. The van der Waals surface area contributed by atoms with Gasteiger partial charge < -0.3 is 14.7 Å². The molecule has 0 aliphatic carbocycles. The lowest BCUT2D eigenvalue weighted by atomic mass is 9.96. The molecule has 2 rings (SSSR count). The summed E-state index contributed by atoms with van der Waals surface area (Å²) in [5.41, 5.74) is 2.15. The molecule has 0 amide bonds. The van der Waals surface area contributed by atoms with Crippen molar-refractivity contribution in [2.45, 2.75) is 13.3 Å². The molecule has 0 aromatic heterocycles. The second-order valence-corrected chi connectivity index (χ2v) is 4.48. The fraction of sp³-hybridized carbons (Fsp3) is 0.143. The van der Waals surface area contributed by atoms with Gasteiger partial charge in [-0.2, -0.15) is 0 Å². The number of rotatable bonds is 4. The van der Waals surface area contributed by atoms with Crippen LogP contribution in [0.5, 0.6) is 17.2 Å². The maximum Gasteiger partial charge on any atom is 0.225 e. The van der Waals surface area contributed by atoms with E-state index >= 15 is 0 Å². The molecule has 0 saturated heterocycles. The molecule has 0 aliphatic rings. The Kier molecular flexibility index (Phi) is 4.13. The van der Waals surface area contributed by atoms with Crippen LogP contribution >= 0.6 is 8.69 Å². The van der Waals surface area contributed by atoms with Gasteiger partial charge in [-0.3, -0.25) is 4.57 Å². The third kappa shape index (κ3) is 2.74. The van der Waals surface area contributed by atoms with Crippen molar-refractivity contribution in [1.29, 1.82) is 0 Å². The van der Waals surface area contributed by atoms with Gasteiger partial charge in [0.2, 0.25) is 8.69 Å². The van der Waals surface area contributed by atoms with Crippen LogP contribution in [0.15, 0.2) is 36.4 Å². The minimum Gasteiger partial charge on any atom is -0.508 e. The van der Waals surface area contributed by atoms with Gasteiger partial charge in [0.1, 0.15) is 17.2 Å². The largest absolute Gasteiger partial charge is 0.508 e. The smallest absolute Gasteiger partial charge is 0.225 e. The number of phenols is 2. The van der Waals surface area contributed by atoms with Gasteiger partial charge >= 0.3 is 0 Å². The van der Waals surface area contributed by atoms with Crippen LogP contribution in [0, 0.1) is 0 Å². The summed E-state index contributed by atoms with van der Waals surface area (Å²) in [7, 11) is -1.33. The zero-order valence-corrected chi connectivity index (χ0v) is 11.6. The average Bonchev–Trinajstić information content (AvgIpc) is 2.41. The molecular formula is C14H15O4P. The first-order chi connectivity index (χ1) is 9.17. The number of aromatic hydroxyl groups is 2. The van der Waals surface area contributed by atoms with Crippen molar-refractivity contribution in [2.24, 2.45) is 0 Å². The number of phenolic OH excluding ortho intramolecular Hbond substituents is 2. The van der Waals surface area contributed by atoms with Crippen LogP contribution in [0.25, 0.3) is 11.1 Å². The minimum atomic E-state index is -1.33. The van der Waals surface area contributed by atoms with E-state index in [1.807, 2.05) is 13.0 Å². The first-order valence-corrected chi connectivity index (χ1v) is 6.86. The first-order valence-electron chi connectivity index (χ1n) is 5.92.